The first-order valence-corrected chi connectivity index (χ1v) is 10.6. The number of benzene rings is 2. The van der Waals surface area contributed by atoms with Crippen LogP contribution in [0.5, 0.6) is 5.75 Å². The van der Waals surface area contributed by atoms with E-state index in [1.165, 1.54) is 22.5 Å². The lowest BCUT2D eigenvalue weighted by molar-refractivity contribution is 0.103. The molecule has 0 aliphatic carbocycles. The van der Waals surface area contributed by atoms with Crippen molar-refractivity contribution in [2.24, 2.45) is 0 Å². The van der Waals surface area contributed by atoms with E-state index < -0.39 is 0 Å². The number of thiophene rings is 1. The maximum absolute atomic E-state index is 12.7. The Morgan fingerprint density at radius 3 is 2.67 bits per heavy atom. The molecule has 0 spiro atoms. The van der Waals surface area contributed by atoms with Gasteiger partial charge < -0.3 is 10.1 Å². The lowest BCUT2D eigenvalue weighted by Gasteiger charge is -2.07. The Morgan fingerprint density at radius 2 is 1.90 bits per heavy atom. The summed E-state index contributed by atoms with van der Waals surface area (Å²) in [6.07, 6.45) is 3.67. The molecule has 2 aromatic carbocycles. The molecule has 4 rings (SSSR count). The number of nitrogens with zero attached hydrogens (tertiary/aromatic N) is 2. The highest BCUT2D eigenvalue weighted by Crippen LogP contribution is 2.21. The van der Waals surface area contributed by atoms with Crippen LogP contribution >= 0.6 is 11.3 Å². The zero-order chi connectivity index (χ0) is 20.9. The Kier molecular flexibility index (Phi) is 5.95. The van der Waals surface area contributed by atoms with Crippen molar-refractivity contribution >= 4 is 22.9 Å². The maximum atomic E-state index is 12.7. The molecular weight excluding hydrogens is 394 g/mol. The fraction of sp³-hybridized carbons (Fsp3) is 0.167. The van der Waals surface area contributed by atoms with Crippen LogP contribution in [0.2, 0.25) is 0 Å². The fourth-order valence-corrected chi connectivity index (χ4v) is 4.07. The molecule has 1 N–H and O–H groups in total. The van der Waals surface area contributed by atoms with E-state index in [0.29, 0.717) is 18.0 Å². The Labute approximate surface area is 179 Å². The predicted molar refractivity (Wildman–Crippen MR) is 120 cm³/mol. The molecule has 0 saturated carbocycles. The summed E-state index contributed by atoms with van der Waals surface area (Å²) in [6, 6.07) is 17.7. The average Bonchev–Trinajstić information content (AvgIpc) is 3.38. The molecule has 6 heteroatoms. The van der Waals surface area contributed by atoms with Crippen molar-refractivity contribution in [3.05, 3.63) is 99.5 Å². The van der Waals surface area contributed by atoms with E-state index in [1.807, 2.05) is 64.8 Å². The molecule has 0 saturated heterocycles. The summed E-state index contributed by atoms with van der Waals surface area (Å²) in [7, 11) is 0. The van der Waals surface area contributed by atoms with Gasteiger partial charge in [0.1, 0.15) is 12.4 Å². The molecule has 0 radical (unpaired) electrons. The van der Waals surface area contributed by atoms with Gasteiger partial charge in [0.2, 0.25) is 0 Å². The molecule has 0 aliphatic rings. The Hall–Kier alpha value is -3.38. The summed E-state index contributed by atoms with van der Waals surface area (Å²) in [5.41, 5.74) is 5.17. The smallest absolute Gasteiger partial charge is 0.265 e. The number of amides is 1. The summed E-state index contributed by atoms with van der Waals surface area (Å²) < 4.78 is 7.75. The Balaban J connectivity index is 1.37. The molecule has 0 atom stereocenters. The molecule has 0 bridgehead atoms. The molecule has 30 heavy (non-hydrogen) atoms. The minimum absolute atomic E-state index is 0.117. The largest absolute Gasteiger partial charge is 0.489 e. The highest BCUT2D eigenvalue weighted by Gasteiger charge is 2.11. The second-order valence-electron chi connectivity index (χ2n) is 7.29. The monoisotopic (exact) mass is 417 g/mol. The molecule has 4 aromatic rings. The number of rotatable bonds is 7. The number of anilines is 1. The highest BCUT2D eigenvalue weighted by atomic mass is 32.1. The minimum Gasteiger partial charge on any atom is -0.489 e. The number of carbonyl (C=O) groups is 1. The molecule has 5 nitrogen and oxygen atoms in total. The van der Waals surface area contributed by atoms with Gasteiger partial charge in [-0.15, -0.1) is 11.3 Å². The fourth-order valence-electron chi connectivity index (χ4n) is 3.27. The number of hydrogen-bond acceptors (Lipinski definition) is 4. The first kappa shape index (κ1) is 19.9. The number of ether oxygens (including phenoxy) is 1. The van der Waals surface area contributed by atoms with Gasteiger partial charge >= 0.3 is 0 Å². The number of aromatic nitrogens is 2. The van der Waals surface area contributed by atoms with E-state index in [9.17, 15) is 4.79 Å². The first-order chi connectivity index (χ1) is 14.5. The van der Waals surface area contributed by atoms with Gasteiger partial charge in [-0.3, -0.25) is 9.48 Å². The second kappa shape index (κ2) is 8.97. The molecular formula is C24H23N3O2S. The van der Waals surface area contributed by atoms with Gasteiger partial charge in [0.05, 0.1) is 11.4 Å². The van der Waals surface area contributed by atoms with Gasteiger partial charge in [-0.05, 0) is 72.3 Å². The lowest BCUT2D eigenvalue weighted by Crippen LogP contribution is -2.10. The van der Waals surface area contributed by atoms with Gasteiger partial charge in [0, 0.05) is 23.6 Å². The first-order valence-electron chi connectivity index (χ1n) is 9.71. The molecule has 0 fully saturated rings. The summed E-state index contributed by atoms with van der Waals surface area (Å²) in [5, 5.41) is 9.17. The lowest BCUT2D eigenvalue weighted by atomic mass is 10.1. The third-order valence-corrected chi connectivity index (χ3v) is 5.54. The van der Waals surface area contributed by atoms with Gasteiger partial charge in [-0.2, -0.15) is 5.10 Å². The van der Waals surface area contributed by atoms with Crippen LogP contribution in [0.1, 0.15) is 31.9 Å². The zero-order valence-corrected chi connectivity index (χ0v) is 17.8. The van der Waals surface area contributed by atoms with Gasteiger partial charge in [-0.25, -0.2) is 0 Å². The van der Waals surface area contributed by atoms with Gasteiger partial charge in [-0.1, -0.05) is 18.2 Å². The van der Waals surface area contributed by atoms with Crippen molar-refractivity contribution in [1.29, 1.82) is 0 Å². The number of hydrogen-bond donors (Lipinski definition) is 1. The summed E-state index contributed by atoms with van der Waals surface area (Å²) in [4.78, 5) is 13.3. The average molecular weight is 418 g/mol. The van der Waals surface area contributed by atoms with Crippen LogP contribution in [0.3, 0.4) is 0 Å². The van der Waals surface area contributed by atoms with Crippen molar-refractivity contribution in [2.45, 2.75) is 27.0 Å². The summed E-state index contributed by atoms with van der Waals surface area (Å²) in [6.45, 7) is 5.20. The van der Waals surface area contributed by atoms with E-state index in [1.54, 1.807) is 6.20 Å². The SMILES string of the molecule is Cc1cc(C)cc(OCc2csc(C(=O)Nc3cccc(Cn4cccn4)c3)c2)c1. The zero-order valence-electron chi connectivity index (χ0n) is 17.0. The molecule has 0 aliphatic heterocycles. The topological polar surface area (TPSA) is 56.1 Å². The normalized spacial score (nSPS) is 10.7. The standard InChI is InChI=1S/C24H23N3O2S/c1-17-9-18(2)11-22(10-17)29-15-20-13-23(30-16-20)24(28)26-21-6-3-5-19(12-21)14-27-8-4-7-25-27/h3-13,16H,14-15H2,1-2H3,(H,26,28). The van der Waals surface area contributed by atoms with Crippen LogP contribution in [-0.2, 0) is 13.2 Å². The van der Waals surface area contributed by atoms with Gasteiger partial charge in [0.25, 0.3) is 5.91 Å². The molecule has 152 valence electrons. The Bertz CT molecular complexity index is 1130. The van der Waals surface area contributed by atoms with Crippen LogP contribution in [-0.4, -0.2) is 15.7 Å². The van der Waals surface area contributed by atoms with Crippen molar-refractivity contribution in [2.75, 3.05) is 5.32 Å². The summed E-state index contributed by atoms with van der Waals surface area (Å²) in [5.74, 6) is 0.729. The van der Waals surface area contributed by atoms with Crippen molar-refractivity contribution in [3.63, 3.8) is 0 Å². The molecule has 2 aromatic heterocycles. The number of carbonyl (C=O) groups excluding carboxylic acids is 1. The van der Waals surface area contributed by atoms with E-state index in [0.717, 1.165) is 22.6 Å². The Morgan fingerprint density at radius 1 is 1.07 bits per heavy atom. The number of nitrogens with one attached hydrogen (secondary N) is 1. The van der Waals surface area contributed by atoms with Crippen LogP contribution in [0.15, 0.2) is 72.4 Å². The van der Waals surface area contributed by atoms with Gasteiger partial charge in [0.15, 0.2) is 0 Å². The van der Waals surface area contributed by atoms with Crippen molar-refractivity contribution < 1.29 is 9.53 Å². The van der Waals surface area contributed by atoms with E-state index >= 15 is 0 Å². The van der Waals surface area contributed by atoms with Crippen LogP contribution in [0.25, 0.3) is 0 Å². The molecule has 0 unspecified atom stereocenters. The predicted octanol–water partition coefficient (Wildman–Crippen LogP) is 5.44. The molecule has 1 amide bonds. The van der Waals surface area contributed by atoms with Crippen LogP contribution in [0, 0.1) is 13.8 Å². The number of aryl methyl sites for hydroxylation is 2. The van der Waals surface area contributed by atoms with Crippen LogP contribution < -0.4 is 10.1 Å². The van der Waals surface area contributed by atoms with E-state index in [2.05, 4.69) is 30.3 Å². The summed E-state index contributed by atoms with van der Waals surface area (Å²) >= 11 is 1.42. The van der Waals surface area contributed by atoms with Crippen molar-refractivity contribution in [3.8, 4) is 5.75 Å². The molecule has 2 heterocycles. The minimum atomic E-state index is -0.117. The highest BCUT2D eigenvalue weighted by molar-refractivity contribution is 7.12. The quantitative estimate of drug-likeness (QED) is 0.436. The van der Waals surface area contributed by atoms with E-state index in [-0.39, 0.29) is 5.91 Å². The maximum Gasteiger partial charge on any atom is 0.265 e. The van der Waals surface area contributed by atoms with E-state index in [4.69, 9.17) is 4.74 Å². The van der Waals surface area contributed by atoms with Crippen molar-refractivity contribution in [1.82, 2.24) is 9.78 Å². The third kappa shape index (κ3) is 5.15. The second-order valence-corrected chi connectivity index (χ2v) is 8.20. The van der Waals surface area contributed by atoms with Crippen LogP contribution in [0.4, 0.5) is 5.69 Å². The third-order valence-electron chi connectivity index (χ3n) is 4.57.